The van der Waals surface area contributed by atoms with E-state index in [0.29, 0.717) is 11.1 Å². The number of nitrogens with zero attached hydrogens (tertiary/aromatic N) is 4. The topological polar surface area (TPSA) is 70.6 Å². The summed E-state index contributed by atoms with van der Waals surface area (Å²) in [5.74, 6) is 0. The summed E-state index contributed by atoms with van der Waals surface area (Å²) in [6.45, 7) is 0. The van der Waals surface area contributed by atoms with E-state index in [0.717, 1.165) is 88.1 Å². The van der Waals surface area contributed by atoms with Crippen molar-refractivity contribution in [1.82, 2.24) is 9.13 Å². The Morgan fingerprint density at radius 3 is 1.98 bits per heavy atom. The Hall–Kier alpha value is -7.08. The molecular weight excluding hydrogens is 601 g/mol. The molecule has 10 aromatic rings. The van der Waals surface area contributed by atoms with Gasteiger partial charge in [0, 0.05) is 38.1 Å². The van der Waals surface area contributed by atoms with Crippen LogP contribution in [0.1, 0.15) is 11.1 Å². The summed E-state index contributed by atoms with van der Waals surface area (Å²) in [7, 11) is 0. The molecule has 0 radical (unpaired) electrons. The third-order valence-electron chi connectivity index (χ3n) is 9.80. The van der Waals surface area contributed by atoms with Gasteiger partial charge in [-0.15, -0.1) is 0 Å². The van der Waals surface area contributed by atoms with Crippen molar-refractivity contribution in [2.75, 3.05) is 0 Å². The van der Waals surface area contributed by atoms with Crippen molar-refractivity contribution in [2.24, 2.45) is 0 Å². The molecule has 0 atom stereocenters. The average Bonchev–Trinajstić information content (AvgIpc) is 3.82. The molecule has 5 heteroatoms. The van der Waals surface area contributed by atoms with Crippen LogP contribution >= 0.6 is 0 Å². The maximum absolute atomic E-state index is 10.7. The highest BCUT2D eigenvalue weighted by atomic mass is 16.3. The minimum absolute atomic E-state index is 0.570. The molecule has 0 unspecified atom stereocenters. The Bertz CT molecular complexity index is 3090. The zero-order valence-corrected chi connectivity index (χ0v) is 26.1. The average molecular weight is 625 g/mol. The number of benzene rings is 7. The molecule has 0 bridgehead atoms. The fraction of sp³-hybridized carbons (Fsp3) is 0. The van der Waals surface area contributed by atoms with Gasteiger partial charge in [0.1, 0.15) is 17.2 Å². The van der Waals surface area contributed by atoms with E-state index in [1.807, 2.05) is 72.8 Å². The van der Waals surface area contributed by atoms with Crippen LogP contribution in [0.15, 0.2) is 150 Å². The minimum atomic E-state index is 0.570. The molecule has 0 saturated heterocycles. The first-order valence-electron chi connectivity index (χ1n) is 16.1. The second-order valence-corrected chi connectivity index (χ2v) is 12.3. The summed E-state index contributed by atoms with van der Waals surface area (Å²) in [6, 6.07) is 54.1. The summed E-state index contributed by atoms with van der Waals surface area (Å²) < 4.78 is 11.1. The molecule has 0 spiro atoms. The lowest BCUT2D eigenvalue weighted by Crippen LogP contribution is -2.03. The number of fused-ring (bicyclic) bond motifs is 10. The number of para-hydroxylation sites is 5. The SMILES string of the molecule is N#Cc1ccc2c(c1)c1ccccc1n2-c1ccccc1-c1cccc(C#N)c1-n1c2ccccc2c2c3oc4ccccc4c3ccc21. The van der Waals surface area contributed by atoms with Crippen molar-refractivity contribution in [2.45, 2.75) is 0 Å². The summed E-state index contributed by atoms with van der Waals surface area (Å²) in [6.07, 6.45) is 0. The van der Waals surface area contributed by atoms with Gasteiger partial charge in [-0.3, -0.25) is 0 Å². The molecule has 0 aliphatic carbocycles. The number of furan rings is 1. The van der Waals surface area contributed by atoms with E-state index in [1.54, 1.807) is 0 Å². The van der Waals surface area contributed by atoms with Crippen LogP contribution in [0.3, 0.4) is 0 Å². The number of hydrogen-bond donors (Lipinski definition) is 0. The lowest BCUT2D eigenvalue weighted by molar-refractivity contribution is 0.673. The van der Waals surface area contributed by atoms with E-state index in [9.17, 15) is 10.5 Å². The Morgan fingerprint density at radius 1 is 0.469 bits per heavy atom. The minimum Gasteiger partial charge on any atom is -0.455 e. The Kier molecular flexibility index (Phi) is 5.64. The van der Waals surface area contributed by atoms with E-state index in [4.69, 9.17) is 4.42 Å². The first kappa shape index (κ1) is 27.1. The number of aromatic nitrogens is 2. The fourth-order valence-corrected chi connectivity index (χ4v) is 7.77. The lowest BCUT2D eigenvalue weighted by atomic mass is 9.98. The molecule has 0 aliphatic heterocycles. The molecule has 3 heterocycles. The van der Waals surface area contributed by atoms with Crippen LogP contribution in [0.2, 0.25) is 0 Å². The van der Waals surface area contributed by atoms with Crippen LogP contribution in [-0.4, -0.2) is 9.13 Å². The zero-order chi connectivity index (χ0) is 32.6. The Labute approximate surface area is 280 Å². The molecule has 5 nitrogen and oxygen atoms in total. The van der Waals surface area contributed by atoms with E-state index in [-0.39, 0.29) is 0 Å². The van der Waals surface area contributed by atoms with E-state index in [1.165, 1.54) is 0 Å². The monoisotopic (exact) mass is 624 g/mol. The smallest absolute Gasteiger partial charge is 0.145 e. The maximum atomic E-state index is 10.7. The first-order valence-corrected chi connectivity index (χ1v) is 16.1. The first-order chi connectivity index (χ1) is 24.2. The van der Waals surface area contributed by atoms with E-state index >= 15 is 0 Å². The fourth-order valence-electron chi connectivity index (χ4n) is 7.77. The standard InChI is InChI=1S/C44H24N4O/c45-25-27-20-22-39-35(24-27)30-12-2-6-17-37(30)47(39)36-16-5-1-11-29(36)32-15-9-10-28(26-46)43(32)48-38-18-7-3-14-34(38)42-40(48)23-21-33-31-13-4-8-19-41(31)49-44(33)42/h1-24H. The van der Waals surface area contributed by atoms with Crippen molar-refractivity contribution in [3.63, 3.8) is 0 Å². The molecule has 0 N–H and O–H groups in total. The van der Waals surface area contributed by atoms with Crippen LogP contribution in [0, 0.1) is 22.7 Å². The summed E-state index contributed by atoms with van der Waals surface area (Å²) in [4.78, 5) is 0. The third kappa shape index (κ3) is 3.73. The van der Waals surface area contributed by atoms with Gasteiger partial charge in [0.05, 0.1) is 56.0 Å². The van der Waals surface area contributed by atoms with Gasteiger partial charge >= 0.3 is 0 Å². The van der Waals surface area contributed by atoms with E-state index in [2.05, 4.69) is 94.1 Å². The van der Waals surface area contributed by atoms with Crippen molar-refractivity contribution in [1.29, 1.82) is 10.5 Å². The number of nitriles is 2. The Morgan fingerprint density at radius 2 is 1.14 bits per heavy atom. The highest BCUT2D eigenvalue weighted by molar-refractivity contribution is 6.24. The van der Waals surface area contributed by atoms with Crippen LogP contribution < -0.4 is 0 Å². The van der Waals surface area contributed by atoms with E-state index < -0.39 is 0 Å². The Balaban J connectivity index is 1.32. The highest BCUT2D eigenvalue weighted by Gasteiger charge is 2.24. The quantitative estimate of drug-likeness (QED) is 0.196. The zero-order valence-electron chi connectivity index (χ0n) is 26.1. The number of rotatable bonds is 3. The molecule has 10 rings (SSSR count). The van der Waals surface area contributed by atoms with Gasteiger partial charge in [-0.05, 0) is 60.7 Å². The molecule has 226 valence electrons. The number of hydrogen-bond acceptors (Lipinski definition) is 3. The molecule has 7 aromatic carbocycles. The van der Waals surface area contributed by atoms with Gasteiger partial charge in [0.2, 0.25) is 0 Å². The normalized spacial score (nSPS) is 11.6. The molecule has 49 heavy (non-hydrogen) atoms. The van der Waals surface area contributed by atoms with Crippen LogP contribution in [0.25, 0.3) is 88.1 Å². The summed E-state index contributed by atoms with van der Waals surface area (Å²) in [5.41, 5.74) is 10.6. The van der Waals surface area contributed by atoms with Crippen molar-refractivity contribution >= 4 is 65.6 Å². The van der Waals surface area contributed by atoms with Crippen LogP contribution in [0.4, 0.5) is 0 Å². The van der Waals surface area contributed by atoms with Gasteiger partial charge in [-0.2, -0.15) is 10.5 Å². The molecule has 0 amide bonds. The largest absolute Gasteiger partial charge is 0.455 e. The molecular formula is C44H24N4O. The molecule has 3 aromatic heterocycles. The van der Waals surface area contributed by atoms with Crippen molar-refractivity contribution in [3.05, 3.63) is 157 Å². The van der Waals surface area contributed by atoms with Crippen LogP contribution in [-0.2, 0) is 0 Å². The summed E-state index contributed by atoms with van der Waals surface area (Å²) >= 11 is 0. The van der Waals surface area contributed by atoms with Gasteiger partial charge in [0.25, 0.3) is 0 Å². The lowest BCUT2D eigenvalue weighted by Gasteiger charge is -2.19. The van der Waals surface area contributed by atoms with Crippen LogP contribution in [0.5, 0.6) is 0 Å². The molecule has 0 fully saturated rings. The molecule has 0 aliphatic rings. The maximum Gasteiger partial charge on any atom is 0.145 e. The third-order valence-corrected chi connectivity index (χ3v) is 9.80. The highest BCUT2D eigenvalue weighted by Crippen LogP contribution is 2.44. The van der Waals surface area contributed by atoms with Gasteiger partial charge in [-0.25, -0.2) is 0 Å². The van der Waals surface area contributed by atoms with Crippen molar-refractivity contribution in [3.8, 4) is 34.6 Å². The van der Waals surface area contributed by atoms with Crippen molar-refractivity contribution < 1.29 is 4.42 Å². The van der Waals surface area contributed by atoms with Gasteiger partial charge in [-0.1, -0.05) is 84.9 Å². The predicted molar refractivity (Wildman–Crippen MR) is 197 cm³/mol. The second-order valence-electron chi connectivity index (χ2n) is 12.3. The summed E-state index contributed by atoms with van der Waals surface area (Å²) in [5, 5.41) is 26.7. The van der Waals surface area contributed by atoms with Gasteiger partial charge in [0.15, 0.2) is 0 Å². The molecule has 0 saturated carbocycles. The second kappa shape index (κ2) is 10.2. The van der Waals surface area contributed by atoms with Gasteiger partial charge < -0.3 is 13.6 Å². The predicted octanol–water partition coefficient (Wildman–Crippen LogP) is 11.2.